The number of halogens is 1. The van der Waals surface area contributed by atoms with Crippen LogP contribution in [-0.4, -0.2) is 33.6 Å². The molecular weight excluding hydrogens is 488 g/mol. The highest BCUT2D eigenvalue weighted by molar-refractivity contribution is 6.35. The SMILES string of the molecule is O=C1[C@@H]2[C@H](Cc3c[nH]c4ccccc34)N[C@]3(C(=O)Nc4c(Cl)cccc43)[C@@H]2C(=O)N1Cc1ccccc1. The molecule has 4 aromatic rings. The molecule has 37 heavy (non-hydrogen) atoms. The van der Waals surface area contributed by atoms with Crippen LogP contribution in [0.5, 0.6) is 0 Å². The zero-order valence-corrected chi connectivity index (χ0v) is 20.5. The maximum Gasteiger partial charge on any atom is 0.250 e. The molecule has 4 heterocycles. The maximum absolute atomic E-state index is 14.0. The molecule has 0 bridgehead atoms. The minimum Gasteiger partial charge on any atom is -0.361 e. The number of para-hydroxylation sites is 2. The molecule has 0 unspecified atom stereocenters. The fourth-order valence-corrected chi connectivity index (χ4v) is 6.71. The number of hydrogen-bond donors (Lipinski definition) is 3. The van der Waals surface area contributed by atoms with Crippen LogP contribution in [0.15, 0.2) is 79.0 Å². The van der Waals surface area contributed by atoms with Crippen LogP contribution in [0.4, 0.5) is 5.69 Å². The van der Waals surface area contributed by atoms with Gasteiger partial charge in [0.05, 0.1) is 29.1 Å². The van der Waals surface area contributed by atoms with Crippen LogP contribution in [0, 0.1) is 11.8 Å². The third-order valence-corrected chi connectivity index (χ3v) is 8.40. The van der Waals surface area contributed by atoms with Crippen molar-refractivity contribution in [3.8, 4) is 0 Å². The summed E-state index contributed by atoms with van der Waals surface area (Å²) in [6.45, 7) is 0.172. The number of nitrogens with one attached hydrogen (secondary N) is 3. The number of anilines is 1. The molecule has 3 aromatic carbocycles. The molecule has 1 aromatic heterocycles. The van der Waals surface area contributed by atoms with Gasteiger partial charge in [0.25, 0.3) is 0 Å². The predicted molar refractivity (Wildman–Crippen MR) is 140 cm³/mol. The Morgan fingerprint density at radius 2 is 1.68 bits per heavy atom. The van der Waals surface area contributed by atoms with Crippen LogP contribution >= 0.6 is 11.6 Å². The van der Waals surface area contributed by atoms with Gasteiger partial charge in [-0.25, -0.2) is 0 Å². The number of aromatic nitrogens is 1. The van der Waals surface area contributed by atoms with Crippen LogP contribution in [-0.2, 0) is 32.9 Å². The van der Waals surface area contributed by atoms with Gasteiger partial charge in [-0.3, -0.25) is 24.6 Å². The monoisotopic (exact) mass is 510 g/mol. The first-order valence-electron chi connectivity index (χ1n) is 12.3. The summed E-state index contributed by atoms with van der Waals surface area (Å²) in [5, 5.41) is 7.85. The fraction of sp³-hybridized carbons (Fsp3) is 0.207. The predicted octanol–water partition coefficient (Wildman–Crippen LogP) is 3.98. The molecule has 2 saturated heterocycles. The summed E-state index contributed by atoms with van der Waals surface area (Å²) in [5.41, 5.74) is 2.62. The molecule has 8 heteroatoms. The average Bonchev–Trinajstić information content (AvgIpc) is 3.62. The third-order valence-electron chi connectivity index (χ3n) is 8.09. The Hall–Kier alpha value is -3.94. The number of fused-ring (bicyclic) bond motifs is 5. The highest BCUT2D eigenvalue weighted by Crippen LogP contribution is 2.54. The van der Waals surface area contributed by atoms with Gasteiger partial charge in [0.2, 0.25) is 17.7 Å². The smallest absolute Gasteiger partial charge is 0.250 e. The minimum atomic E-state index is -1.38. The van der Waals surface area contributed by atoms with Gasteiger partial charge in [0.15, 0.2) is 0 Å². The molecule has 7 nitrogen and oxygen atoms in total. The van der Waals surface area contributed by atoms with Crippen molar-refractivity contribution in [3.05, 3.63) is 101 Å². The van der Waals surface area contributed by atoms with Crippen molar-refractivity contribution in [3.63, 3.8) is 0 Å². The summed E-state index contributed by atoms with van der Waals surface area (Å²) in [6.07, 6.45) is 2.42. The first kappa shape index (κ1) is 22.3. The molecular formula is C29H23ClN4O3. The first-order chi connectivity index (χ1) is 18.0. The highest BCUT2D eigenvalue weighted by atomic mass is 35.5. The van der Waals surface area contributed by atoms with E-state index in [9.17, 15) is 14.4 Å². The van der Waals surface area contributed by atoms with Crippen molar-refractivity contribution in [2.45, 2.75) is 24.5 Å². The van der Waals surface area contributed by atoms with Gasteiger partial charge < -0.3 is 10.3 Å². The summed E-state index contributed by atoms with van der Waals surface area (Å²) < 4.78 is 0. The standard InChI is InChI=1S/C29H23ClN4O3/c30-20-11-6-10-19-25(20)32-28(37)29(19)24-23(26(35)34(27(24)36)15-16-7-2-1-3-8-16)22(33-29)13-17-14-31-21-12-5-4-9-18(17)21/h1-12,14,22-24,31,33H,13,15H2,(H,32,37)/t22-,23+,24-,29-/m0/s1. The van der Waals surface area contributed by atoms with Gasteiger partial charge in [0.1, 0.15) is 5.54 Å². The Balaban J connectivity index is 1.35. The van der Waals surface area contributed by atoms with E-state index >= 15 is 0 Å². The molecule has 3 aliphatic heterocycles. The second-order valence-electron chi connectivity index (χ2n) is 9.99. The lowest BCUT2D eigenvalue weighted by Crippen LogP contribution is -2.53. The number of carbonyl (C=O) groups is 3. The van der Waals surface area contributed by atoms with E-state index in [1.165, 1.54) is 4.90 Å². The number of nitrogens with zero attached hydrogens (tertiary/aromatic N) is 1. The van der Waals surface area contributed by atoms with Crippen molar-refractivity contribution < 1.29 is 14.4 Å². The minimum absolute atomic E-state index is 0.172. The van der Waals surface area contributed by atoms with Gasteiger partial charge in [-0.05, 0) is 29.7 Å². The molecule has 2 fully saturated rings. The van der Waals surface area contributed by atoms with Crippen LogP contribution < -0.4 is 10.6 Å². The lowest BCUT2D eigenvalue weighted by atomic mass is 9.76. The van der Waals surface area contributed by atoms with E-state index in [4.69, 9.17) is 11.6 Å². The van der Waals surface area contributed by atoms with E-state index in [-0.39, 0.29) is 24.3 Å². The number of H-pyrrole nitrogens is 1. The number of likely N-dealkylation sites (tertiary alicyclic amines) is 1. The molecule has 3 aliphatic rings. The van der Waals surface area contributed by atoms with Gasteiger partial charge in [-0.1, -0.05) is 72.3 Å². The van der Waals surface area contributed by atoms with E-state index in [1.807, 2.05) is 66.9 Å². The fourth-order valence-electron chi connectivity index (χ4n) is 6.49. The van der Waals surface area contributed by atoms with Crippen LogP contribution in [0.1, 0.15) is 16.7 Å². The Bertz CT molecular complexity index is 1600. The number of imide groups is 1. The molecule has 184 valence electrons. The van der Waals surface area contributed by atoms with Crippen molar-refractivity contribution in [1.82, 2.24) is 15.2 Å². The second-order valence-corrected chi connectivity index (χ2v) is 10.4. The summed E-state index contributed by atoms with van der Waals surface area (Å²) in [6, 6.07) is 22.3. The van der Waals surface area contributed by atoms with Crippen molar-refractivity contribution in [2.75, 3.05) is 5.32 Å². The topological polar surface area (TPSA) is 94.3 Å². The van der Waals surface area contributed by atoms with Gasteiger partial charge in [-0.15, -0.1) is 0 Å². The van der Waals surface area contributed by atoms with E-state index in [0.717, 1.165) is 22.0 Å². The summed E-state index contributed by atoms with van der Waals surface area (Å²) >= 11 is 6.45. The molecule has 3 amide bonds. The zero-order chi connectivity index (χ0) is 25.3. The number of amides is 3. The highest BCUT2D eigenvalue weighted by Gasteiger charge is 2.70. The van der Waals surface area contributed by atoms with Crippen molar-refractivity contribution >= 4 is 45.9 Å². The van der Waals surface area contributed by atoms with E-state index in [1.54, 1.807) is 12.1 Å². The summed E-state index contributed by atoms with van der Waals surface area (Å²) in [4.78, 5) is 46.3. The molecule has 0 saturated carbocycles. The second kappa shape index (κ2) is 8.03. The first-order valence-corrected chi connectivity index (χ1v) is 12.7. The lowest BCUT2D eigenvalue weighted by Gasteiger charge is -2.29. The van der Waals surface area contributed by atoms with Crippen LogP contribution in [0.3, 0.4) is 0 Å². The molecule has 3 N–H and O–H groups in total. The van der Waals surface area contributed by atoms with Gasteiger partial charge >= 0.3 is 0 Å². The Morgan fingerprint density at radius 1 is 0.892 bits per heavy atom. The molecule has 4 atom stereocenters. The summed E-state index contributed by atoms with van der Waals surface area (Å²) in [7, 11) is 0. The number of benzene rings is 3. The number of hydrogen-bond acceptors (Lipinski definition) is 4. The van der Waals surface area contributed by atoms with Crippen LogP contribution in [0.2, 0.25) is 5.02 Å². The van der Waals surface area contributed by atoms with E-state index in [2.05, 4.69) is 15.6 Å². The maximum atomic E-state index is 14.0. The van der Waals surface area contributed by atoms with Gasteiger partial charge in [-0.2, -0.15) is 0 Å². The zero-order valence-electron chi connectivity index (χ0n) is 19.7. The summed E-state index contributed by atoms with van der Waals surface area (Å²) in [5.74, 6) is -2.51. The van der Waals surface area contributed by atoms with Crippen molar-refractivity contribution in [1.29, 1.82) is 0 Å². The third kappa shape index (κ3) is 3.08. The normalized spacial score (nSPS) is 26.2. The number of carbonyl (C=O) groups excluding carboxylic acids is 3. The molecule has 0 radical (unpaired) electrons. The van der Waals surface area contributed by atoms with E-state index in [0.29, 0.717) is 22.7 Å². The largest absolute Gasteiger partial charge is 0.361 e. The Morgan fingerprint density at radius 3 is 2.51 bits per heavy atom. The average molecular weight is 511 g/mol. The van der Waals surface area contributed by atoms with Crippen LogP contribution in [0.25, 0.3) is 10.9 Å². The molecule has 1 spiro atoms. The lowest BCUT2D eigenvalue weighted by molar-refractivity contribution is -0.143. The molecule has 0 aliphatic carbocycles. The quantitative estimate of drug-likeness (QED) is 0.362. The Labute approximate surface area is 217 Å². The van der Waals surface area contributed by atoms with E-state index < -0.39 is 23.4 Å². The number of rotatable bonds is 4. The number of aromatic amines is 1. The van der Waals surface area contributed by atoms with Gasteiger partial charge in [0, 0.05) is 28.7 Å². The Kier molecular flexibility index (Phi) is 4.83. The molecule has 7 rings (SSSR count). The van der Waals surface area contributed by atoms with Crippen molar-refractivity contribution in [2.24, 2.45) is 11.8 Å².